The Morgan fingerprint density at radius 2 is 2.38 bits per heavy atom. The van der Waals surface area contributed by atoms with Crippen molar-refractivity contribution in [1.29, 1.82) is 0 Å². The van der Waals surface area contributed by atoms with Gasteiger partial charge in [0.05, 0.1) is 6.04 Å². The van der Waals surface area contributed by atoms with Crippen LogP contribution in [0.2, 0.25) is 5.02 Å². The zero-order chi connectivity index (χ0) is 11.4. The minimum absolute atomic E-state index is 0.0682. The van der Waals surface area contributed by atoms with E-state index in [1.165, 1.54) is 0 Å². The molecule has 0 spiro atoms. The number of imidazole rings is 1. The maximum Gasteiger partial charge on any atom is 0.127 e. The van der Waals surface area contributed by atoms with Crippen LogP contribution in [0.15, 0.2) is 36.7 Å². The number of nitrogens with zero attached hydrogens (tertiary/aromatic N) is 1. The van der Waals surface area contributed by atoms with Crippen molar-refractivity contribution in [1.82, 2.24) is 15.3 Å². The van der Waals surface area contributed by atoms with Gasteiger partial charge in [-0.05, 0) is 24.2 Å². The van der Waals surface area contributed by atoms with Gasteiger partial charge in [-0.2, -0.15) is 0 Å². The van der Waals surface area contributed by atoms with Crippen molar-refractivity contribution in [3.05, 3.63) is 53.1 Å². The molecule has 0 aliphatic rings. The summed E-state index contributed by atoms with van der Waals surface area (Å²) in [5.41, 5.74) is 1.12. The molecule has 2 aromatic rings. The van der Waals surface area contributed by atoms with Crippen LogP contribution in [-0.2, 0) is 0 Å². The lowest BCUT2D eigenvalue weighted by Gasteiger charge is -2.16. The van der Waals surface area contributed by atoms with Gasteiger partial charge in [0.2, 0.25) is 0 Å². The Bertz CT molecular complexity index is 439. The van der Waals surface area contributed by atoms with Gasteiger partial charge in [-0.25, -0.2) is 4.98 Å². The Labute approximate surface area is 99.9 Å². The van der Waals surface area contributed by atoms with Crippen molar-refractivity contribution in [3.63, 3.8) is 0 Å². The molecular formula is C12H14ClN3. The van der Waals surface area contributed by atoms with Crippen molar-refractivity contribution in [2.75, 3.05) is 6.54 Å². The van der Waals surface area contributed by atoms with Crippen molar-refractivity contribution < 1.29 is 0 Å². The van der Waals surface area contributed by atoms with E-state index in [4.69, 9.17) is 11.6 Å². The number of hydrogen-bond donors (Lipinski definition) is 2. The molecule has 0 saturated heterocycles. The molecule has 1 atom stereocenters. The average molecular weight is 236 g/mol. The molecule has 0 aliphatic heterocycles. The molecule has 0 amide bonds. The summed E-state index contributed by atoms with van der Waals surface area (Å²) < 4.78 is 0. The molecule has 0 bridgehead atoms. The molecule has 16 heavy (non-hydrogen) atoms. The van der Waals surface area contributed by atoms with Gasteiger partial charge < -0.3 is 10.3 Å². The number of aromatic amines is 1. The normalized spacial score (nSPS) is 12.6. The second-order valence-electron chi connectivity index (χ2n) is 3.52. The van der Waals surface area contributed by atoms with Gasteiger partial charge in [-0.1, -0.05) is 30.7 Å². The quantitative estimate of drug-likeness (QED) is 0.856. The minimum atomic E-state index is 0.0682. The molecule has 1 aromatic heterocycles. The van der Waals surface area contributed by atoms with Crippen LogP contribution in [0.4, 0.5) is 0 Å². The maximum atomic E-state index is 5.99. The van der Waals surface area contributed by atoms with E-state index in [0.29, 0.717) is 0 Å². The third kappa shape index (κ3) is 2.43. The molecule has 2 N–H and O–H groups in total. The lowest BCUT2D eigenvalue weighted by atomic mass is 10.1. The van der Waals surface area contributed by atoms with E-state index in [1.807, 2.05) is 30.5 Å². The fourth-order valence-corrected chi connectivity index (χ4v) is 1.90. The molecule has 0 aliphatic carbocycles. The third-order valence-electron chi connectivity index (χ3n) is 2.38. The highest BCUT2D eigenvalue weighted by Gasteiger charge is 2.14. The molecule has 4 heteroatoms. The molecule has 1 unspecified atom stereocenters. The summed E-state index contributed by atoms with van der Waals surface area (Å²) in [5.74, 6) is 0.907. The Morgan fingerprint density at radius 1 is 1.50 bits per heavy atom. The molecule has 2 rings (SSSR count). The van der Waals surface area contributed by atoms with E-state index in [1.54, 1.807) is 6.20 Å². The van der Waals surface area contributed by atoms with Crippen molar-refractivity contribution in [2.45, 2.75) is 13.0 Å². The number of rotatable bonds is 4. The molecule has 84 valence electrons. The van der Waals surface area contributed by atoms with Crippen LogP contribution >= 0.6 is 11.6 Å². The summed E-state index contributed by atoms with van der Waals surface area (Å²) in [5, 5.41) is 4.12. The number of nitrogens with one attached hydrogen (secondary N) is 2. The van der Waals surface area contributed by atoms with E-state index >= 15 is 0 Å². The number of benzene rings is 1. The summed E-state index contributed by atoms with van der Waals surface area (Å²) in [6, 6.07) is 7.89. The third-order valence-corrected chi connectivity index (χ3v) is 2.62. The Morgan fingerprint density at radius 3 is 3.00 bits per heavy atom. The van der Waals surface area contributed by atoms with Gasteiger partial charge in [-0.15, -0.1) is 0 Å². The van der Waals surface area contributed by atoms with E-state index in [0.717, 1.165) is 23.0 Å². The van der Waals surface area contributed by atoms with Gasteiger partial charge in [0.1, 0.15) is 5.82 Å². The van der Waals surface area contributed by atoms with Gasteiger partial charge in [0, 0.05) is 17.4 Å². The van der Waals surface area contributed by atoms with Gasteiger partial charge in [0.15, 0.2) is 0 Å². The van der Waals surface area contributed by atoms with Gasteiger partial charge in [-0.3, -0.25) is 0 Å². The minimum Gasteiger partial charge on any atom is -0.347 e. The van der Waals surface area contributed by atoms with E-state index in [-0.39, 0.29) is 6.04 Å². The van der Waals surface area contributed by atoms with Crippen LogP contribution in [0.5, 0.6) is 0 Å². The Balaban J connectivity index is 2.33. The molecule has 1 heterocycles. The molecule has 0 saturated carbocycles. The van der Waals surface area contributed by atoms with Crippen LogP contribution in [0.1, 0.15) is 24.4 Å². The first kappa shape index (κ1) is 11.2. The summed E-state index contributed by atoms with van der Waals surface area (Å²) in [6.45, 7) is 2.94. The highest BCUT2D eigenvalue weighted by molar-refractivity contribution is 6.30. The molecular weight excluding hydrogens is 222 g/mol. The first-order valence-corrected chi connectivity index (χ1v) is 5.67. The van der Waals surface area contributed by atoms with E-state index in [9.17, 15) is 0 Å². The fourth-order valence-electron chi connectivity index (χ4n) is 1.70. The van der Waals surface area contributed by atoms with Crippen LogP contribution in [0.3, 0.4) is 0 Å². The largest absolute Gasteiger partial charge is 0.347 e. The van der Waals surface area contributed by atoms with Crippen LogP contribution < -0.4 is 5.32 Å². The lowest BCUT2D eigenvalue weighted by Crippen LogP contribution is -2.23. The smallest absolute Gasteiger partial charge is 0.127 e. The van der Waals surface area contributed by atoms with Crippen LogP contribution in [0, 0.1) is 0 Å². The summed E-state index contributed by atoms with van der Waals surface area (Å²) in [6.07, 6.45) is 3.58. The zero-order valence-corrected chi connectivity index (χ0v) is 9.83. The lowest BCUT2D eigenvalue weighted by molar-refractivity contribution is 0.603. The zero-order valence-electron chi connectivity index (χ0n) is 9.07. The van der Waals surface area contributed by atoms with E-state index < -0.39 is 0 Å². The molecule has 3 nitrogen and oxygen atoms in total. The summed E-state index contributed by atoms with van der Waals surface area (Å²) in [7, 11) is 0. The number of H-pyrrole nitrogens is 1. The Hall–Kier alpha value is -1.32. The molecule has 1 aromatic carbocycles. The second-order valence-corrected chi connectivity index (χ2v) is 3.96. The van der Waals surface area contributed by atoms with E-state index in [2.05, 4.69) is 22.2 Å². The highest BCUT2D eigenvalue weighted by Crippen LogP contribution is 2.21. The van der Waals surface area contributed by atoms with Gasteiger partial charge >= 0.3 is 0 Å². The highest BCUT2D eigenvalue weighted by atomic mass is 35.5. The number of hydrogen-bond acceptors (Lipinski definition) is 2. The topological polar surface area (TPSA) is 40.7 Å². The first-order chi connectivity index (χ1) is 7.81. The predicted molar refractivity (Wildman–Crippen MR) is 65.6 cm³/mol. The first-order valence-electron chi connectivity index (χ1n) is 5.29. The van der Waals surface area contributed by atoms with Gasteiger partial charge in [0.25, 0.3) is 0 Å². The average Bonchev–Trinajstić information content (AvgIpc) is 2.79. The van der Waals surface area contributed by atoms with Crippen LogP contribution in [0.25, 0.3) is 0 Å². The van der Waals surface area contributed by atoms with Crippen molar-refractivity contribution in [2.24, 2.45) is 0 Å². The number of aromatic nitrogens is 2. The summed E-state index contributed by atoms with van der Waals surface area (Å²) in [4.78, 5) is 7.40. The summed E-state index contributed by atoms with van der Waals surface area (Å²) >= 11 is 5.99. The second kappa shape index (κ2) is 5.14. The Kier molecular flexibility index (Phi) is 3.59. The molecule has 0 radical (unpaired) electrons. The van der Waals surface area contributed by atoms with Crippen LogP contribution in [-0.4, -0.2) is 16.5 Å². The monoisotopic (exact) mass is 235 g/mol. The SMILES string of the molecule is CCNC(c1cccc(Cl)c1)c1ncc[nH]1. The van der Waals surface area contributed by atoms with Crippen molar-refractivity contribution in [3.8, 4) is 0 Å². The standard InChI is InChI=1S/C12H14ClN3/c1-2-14-11(12-15-6-7-16-12)9-4-3-5-10(13)8-9/h3-8,11,14H,2H2,1H3,(H,15,16). The maximum absolute atomic E-state index is 5.99. The number of halogens is 1. The van der Waals surface area contributed by atoms with Crippen molar-refractivity contribution >= 4 is 11.6 Å². The molecule has 0 fully saturated rings. The predicted octanol–water partition coefficient (Wildman–Crippen LogP) is 2.76. The fraction of sp³-hybridized carbons (Fsp3) is 0.250.